The SMILES string of the molecule is CCC(C)N(CC(=O)O)C(C)c1ccc(OC)c(OC)c1. The molecule has 0 amide bonds. The number of hydrogen-bond donors (Lipinski definition) is 1. The maximum absolute atomic E-state index is 11.1. The molecule has 0 spiro atoms. The molecule has 5 heteroatoms. The maximum atomic E-state index is 11.1. The van der Waals surface area contributed by atoms with Crippen LogP contribution in [0.2, 0.25) is 0 Å². The fourth-order valence-corrected chi connectivity index (χ4v) is 2.37. The summed E-state index contributed by atoms with van der Waals surface area (Å²) in [5.41, 5.74) is 1.01. The van der Waals surface area contributed by atoms with Crippen molar-refractivity contribution in [2.24, 2.45) is 0 Å². The number of carboxylic acids is 1. The van der Waals surface area contributed by atoms with Gasteiger partial charge in [0.2, 0.25) is 0 Å². The highest BCUT2D eigenvalue weighted by Gasteiger charge is 2.23. The Morgan fingerprint density at radius 1 is 1.24 bits per heavy atom. The maximum Gasteiger partial charge on any atom is 0.317 e. The minimum atomic E-state index is -0.817. The van der Waals surface area contributed by atoms with E-state index in [-0.39, 0.29) is 18.6 Å². The van der Waals surface area contributed by atoms with E-state index in [0.29, 0.717) is 11.5 Å². The van der Waals surface area contributed by atoms with Crippen LogP contribution in [-0.2, 0) is 4.79 Å². The van der Waals surface area contributed by atoms with E-state index in [1.54, 1.807) is 14.2 Å². The molecule has 0 aliphatic heterocycles. The second-order valence-electron chi connectivity index (χ2n) is 5.11. The molecule has 1 N–H and O–H groups in total. The lowest BCUT2D eigenvalue weighted by Gasteiger charge is -2.33. The van der Waals surface area contributed by atoms with E-state index in [1.165, 1.54) is 0 Å². The van der Waals surface area contributed by atoms with Gasteiger partial charge in [-0.25, -0.2) is 0 Å². The highest BCUT2D eigenvalue weighted by Crippen LogP contribution is 2.32. The first-order valence-corrected chi connectivity index (χ1v) is 7.14. The van der Waals surface area contributed by atoms with Crippen LogP contribution >= 0.6 is 0 Å². The second-order valence-corrected chi connectivity index (χ2v) is 5.11. The Morgan fingerprint density at radius 3 is 2.33 bits per heavy atom. The molecule has 0 aromatic heterocycles. The fraction of sp³-hybridized carbons (Fsp3) is 0.562. The van der Waals surface area contributed by atoms with Crippen molar-refractivity contribution in [3.63, 3.8) is 0 Å². The number of rotatable bonds is 8. The number of methoxy groups -OCH3 is 2. The summed E-state index contributed by atoms with van der Waals surface area (Å²) in [5.74, 6) is 0.505. The zero-order valence-electron chi connectivity index (χ0n) is 13.4. The Labute approximate surface area is 126 Å². The second kappa shape index (κ2) is 7.88. The third-order valence-electron chi connectivity index (χ3n) is 3.86. The number of carbonyl (C=O) groups is 1. The van der Waals surface area contributed by atoms with Gasteiger partial charge in [-0.15, -0.1) is 0 Å². The summed E-state index contributed by atoms with van der Waals surface area (Å²) in [4.78, 5) is 13.1. The van der Waals surface area contributed by atoms with Gasteiger partial charge in [-0.05, 0) is 38.0 Å². The first kappa shape index (κ1) is 17.3. The molecule has 1 aromatic carbocycles. The Morgan fingerprint density at radius 2 is 1.86 bits per heavy atom. The summed E-state index contributed by atoms with van der Waals surface area (Å²) < 4.78 is 10.5. The van der Waals surface area contributed by atoms with Crippen LogP contribution in [-0.4, -0.2) is 42.8 Å². The summed E-state index contributed by atoms with van der Waals surface area (Å²) in [7, 11) is 3.19. The molecule has 1 aromatic rings. The highest BCUT2D eigenvalue weighted by atomic mass is 16.5. The van der Waals surface area contributed by atoms with Crippen molar-refractivity contribution in [1.82, 2.24) is 4.90 Å². The van der Waals surface area contributed by atoms with Crippen LogP contribution in [0, 0.1) is 0 Å². The number of carboxylic acid groups (broad SMARTS) is 1. The zero-order valence-corrected chi connectivity index (χ0v) is 13.4. The average molecular weight is 295 g/mol. The van der Waals surface area contributed by atoms with Gasteiger partial charge in [0.05, 0.1) is 20.8 Å². The summed E-state index contributed by atoms with van der Waals surface area (Å²) in [5, 5.41) is 9.12. The van der Waals surface area contributed by atoms with Crippen molar-refractivity contribution < 1.29 is 19.4 Å². The molecule has 0 saturated heterocycles. The van der Waals surface area contributed by atoms with E-state index in [1.807, 2.05) is 36.9 Å². The van der Waals surface area contributed by atoms with Crippen molar-refractivity contribution in [2.45, 2.75) is 39.3 Å². The van der Waals surface area contributed by atoms with E-state index in [2.05, 4.69) is 6.92 Å². The quantitative estimate of drug-likeness (QED) is 0.799. The van der Waals surface area contributed by atoms with Gasteiger partial charge in [0.1, 0.15) is 0 Å². The lowest BCUT2D eigenvalue weighted by Crippen LogP contribution is -2.39. The molecule has 0 aliphatic rings. The molecule has 0 bridgehead atoms. The van der Waals surface area contributed by atoms with E-state index < -0.39 is 5.97 Å². The van der Waals surface area contributed by atoms with Crippen LogP contribution in [0.5, 0.6) is 11.5 Å². The first-order valence-electron chi connectivity index (χ1n) is 7.14. The Hall–Kier alpha value is -1.75. The monoisotopic (exact) mass is 295 g/mol. The van der Waals surface area contributed by atoms with Crippen LogP contribution in [0.15, 0.2) is 18.2 Å². The molecule has 0 radical (unpaired) electrons. The minimum Gasteiger partial charge on any atom is -0.493 e. The zero-order chi connectivity index (χ0) is 16.0. The minimum absolute atomic E-state index is 0.0177. The lowest BCUT2D eigenvalue weighted by molar-refractivity contribution is -0.139. The topological polar surface area (TPSA) is 59.0 Å². The van der Waals surface area contributed by atoms with E-state index >= 15 is 0 Å². The van der Waals surface area contributed by atoms with Gasteiger partial charge in [0, 0.05) is 12.1 Å². The molecule has 21 heavy (non-hydrogen) atoms. The van der Waals surface area contributed by atoms with Gasteiger partial charge in [0.25, 0.3) is 0 Å². The van der Waals surface area contributed by atoms with Crippen molar-refractivity contribution in [1.29, 1.82) is 0 Å². The van der Waals surface area contributed by atoms with Crippen molar-refractivity contribution in [2.75, 3.05) is 20.8 Å². The Balaban J connectivity index is 3.07. The van der Waals surface area contributed by atoms with Crippen LogP contribution in [0.1, 0.15) is 38.8 Å². The van der Waals surface area contributed by atoms with Crippen LogP contribution in [0.3, 0.4) is 0 Å². The average Bonchev–Trinajstić information content (AvgIpc) is 2.50. The normalized spacial score (nSPS) is 13.8. The predicted molar refractivity (Wildman–Crippen MR) is 82.1 cm³/mol. The van der Waals surface area contributed by atoms with Gasteiger partial charge >= 0.3 is 5.97 Å². The molecule has 5 nitrogen and oxygen atoms in total. The van der Waals surface area contributed by atoms with Crippen LogP contribution < -0.4 is 9.47 Å². The molecular formula is C16H25NO4. The van der Waals surface area contributed by atoms with Gasteiger partial charge in [0.15, 0.2) is 11.5 Å². The Bertz CT molecular complexity index is 475. The van der Waals surface area contributed by atoms with E-state index in [0.717, 1.165) is 12.0 Å². The number of nitrogens with zero attached hydrogens (tertiary/aromatic N) is 1. The lowest BCUT2D eigenvalue weighted by atomic mass is 10.0. The van der Waals surface area contributed by atoms with Crippen molar-refractivity contribution in [3.05, 3.63) is 23.8 Å². The molecule has 0 fully saturated rings. The van der Waals surface area contributed by atoms with Gasteiger partial charge in [-0.3, -0.25) is 9.69 Å². The third-order valence-corrected chi connectivity index (χ3v) is 3.86. The third kappa shape index (κ3) is 4.36. The van der Waals surface area contributed by atoms with Gasteiger partial charge in [-0.1, -0.05) is 13.0 Å². The standard InChI is InChI=1S/C16H25NO4/c1-6-11(2)17(10-16(18)19)12(3)13-7-8-14(20-4)15(9-13)21-5/h7-9,11-12H,6,10H2,1-5H3,(H,18,19). The Kier molecular flexibility index (Phi) is 6.49. The van der Waals surface area contributed by atoms with Gasteiger partial charge < -0.3 is 14.6 Å². The summed E-state index contributed by atoms with van der Waals surface area (Å²) >= 11 is 0. The number of benzene rings is 1. The van der Waals surface area contributed by atoms with Gasteiger partial charge in [-0.2, -0.15) is 0 Å². The molecule has 0 aliphatic carbocycles. The molecular weight excluding hydrogens is 270 g/mol. The van der Waals surface area contributed by atoms with Crippen molar-refractivity contribution in [3.8, 4) is 11.5 Å². The summed E-state index contributed by atoms with van der Waals surface area (Å²) in [6.07, 6.45) is 0.894. The summed E-state index contributed by atoms with van der Waals surface area (Å²) in [6.45, 7) is 6.13. The summed E-state index contributed by atoms with van der Waals surface area (Å²) in [6, 6.07) is 5.87. The highest BCUT2D eigenvalue weighted by molar-refractivity contribution is 5.69. The van der Waals surface area contributed by atoms with Crippen LogP contribution in [0.4, 0.5) is 0 Å². The van der Waals surface area contributed by atoms with E-state index in [9.17, 15) is 4.79 Å². The molecule has 118 valence electrons. The fourth-order valence-electron chi connectivity index (χ4n) is 2.37. The van der Waals surface area contributed by atoms with E-state index in [4.69, 9.17) is 14.6 Å². The first-order chi connectivity index (χ1) is 9.94. The molecule has 1 rings (SSSR count). The molecule has 0 saturated carbocycles. The molecule has 2 unspecified atom stereocenters. The van der Waals surface area contributed by atoms with Crippen LogP contribution in [0.25, 0.3) is 0 Å². The predicted octanol–water partition coefficient (Wildman–Crippen LogP) is 2.95. The number of aliphatic carboxylic acids is 1. The molecule has 2 atom stereocenters. The number of hydrogen-bond acceptors (Lipinski definition) is 4. The number of ether oxygens (including phenoxy) is 2. The smallest absolute Gasteiger partial charge is 0.317 e. The molecule has 0 heterocycles. The largest absolute Gasteiger partial charge is 0.493 e. The van der Waals surface area contributed by atoms with Crippen molar-refractivity contribution >= 4 is 5.97 Å².